The summed E-state index contributed by atoms with van der Waals surface area (Å²) in [5.74, 6) is -3.76. The predicted molar refractivity (Wildman–Crippen MR) is 103 cm³/mol. The Morgan fingerprint density at radius 2 is 2.13 bits per heavy atom. The first-order valence-corrected chi connectivity index (χ1v) is 9.68. The van der Waals surface area contributed by atoms with Gasteiger partial charge in [-0.2, -0.15) is 5.10 Å². The van der Waals surface area contributed by atoms with Gasteiger partial charge in [-0.25, -0.2) is 22.7 Å². The molecule has 8 nitrogen and oxygen atoms in total. The Morgan fingerprint density at radius 1 is 1.29 bits per heavy atom. The number of fused-ring (bicyclic) bond motifs is 5. The standard InChI is InChI=1S/C20H18F3N5O3/c21-11-1-2-16-13(5-11)15-6-20(22,23)10-27(15)17-3-4-28-18(26-17)14(8-25-28)19(30)24-7-12(29)9-31-16/h1-5,8,12,15,29H,6-7,9-10H2,(H,24,30)/t12-,15?/m1/s1. The second kappa shape index (κ2) is 7.12. The molecule has 1 unspecified atom stereocenters. The molecular weight excluding hydrogens is 415 g/mol. The molecule has 2 bridgehead atoms. The summed E-state index contributed by atoms with van der Waals surface area (Å²) in [4.78, 5) is 18.3. The van der Waals surface area contributed by atoms with Crippen molar-refractivity contribution in [3.05, 3.63) is 53.6 Å². The molecule has 4 heterocycles. The molecule has 2 N–H and O–H groups in total. The van der Waals surface area contributed by atoms with E-state index in [4.69, 9.17) is 4.74 Å². The number of halogens is 3. The SMILES string of the molecule is O=C1NC[C@@H](O)COc2ccc(F)cc2C2CC(F)(F)CN2c2ccn3ncc1c3n2. The van der Waals surface area contributed by atoms with Gasteiger partial charge >= 0.3 is 0 Å². The number of β-amino-alcohol motifs (C(OH)–C–C–N with tert-alkyl or cyclic N) is 1. The van der Waals surface area contributed by atoms with E-state index in [2.05, 4.69) is 15.4 Å². The van der Waals surface area contributed by atoms with Crippen molar-refractivity contribution >= 4 is 17.4 Å². The number of hydrogen-bond acceptors (Lipinski definition) is 6. The Hall–Kier alpha value is -3.34. The lowest BCUT2D eigenvalue weighted by atomic mass is 10.0. The maximum atomic E-state index is 14.5. The van der Waals surface area contributed by atoms with Gasteiger partial charge in [0.15, 0.2) is 5.65 Å². The van der Waals surface area contributed by atoms with Crippen LogP contribution in [0.5, 0.6) is 5.75 Å². The highest BCUT2D eigenvalue weighted by Gasteiger charge is 2.47. The number of anilines is 1. The van der Waals surface area contributed by atoms with Gasteiger partial charge in [0.2, 0.25) is 0 Å². The third-order valence-corrected chi connectivity index (χ3v) is 5.42. The van der Waals surface area contributed by atoms with E-state index in [1.54, 1.807) is 0 Å². The highest BCUT2D eigenvalue weighted by molar-refractivity contribution is 5.99. The van der Waals surface area contributed by atoms with Crippen molar-refractivity contribution in [2.24, 2.45) is 0 Å². The van der Waals surface area contributed by atoms with Crippen molar-refractivity contribution in [3.63, 3.8) is 0 Å². The van der Waals surface area contributed by atoms with Crippen molar-refractivity contribution in [2.45, 2.75) is 24.5 Å². The summed E-state index contributed by atoms with van der Waals surface area (Å²) in [7, 11) is 0. The van der Waals surface area contributed by atoms with Crippen molar-refractivity contribution in [1.82, 2.24) is 19.9 Å². The average molecular weight is 433 g/mol. The number of carbonyl (C=O) groups excluding carboxylic acids is 1. The number of amides is 1. The highest BCUT2D eigenvalue weighted by atomic mass is 19.3. The van der Waals surface area contributed by atoms with Gasteiger partial charge in [0, 0.05) is 24.7 Å². The van der Waals surface area contributed by atoms with Gasteiger partial charge in [0.25, 0.3) is 11.8 Å². The molecule has 2 atom stereocenters. The number of hydrogen-bond donors (Lipinski definition) is 2. The molecule has 0 spiro atoms. The van der Waals surface area contributed by atoms with Crippen LogP contribution in [-0.4, -0.2) is 57.3 Å². The van der Waals surface area contributed by atoms with E-state index in [-0.39, 0.29) is 41.5 Å². The van der Waals surface area contributed by atoms with Crippen LogP contribution in [0.2, 0.25) is 0 Å². The third-order valence-electron chi connectivity index (χ3n) is 5.42. The van der Waals surface area contributed by atoms with Gasteiger partial charge in [0.1, 0.15) is 35.7 Å². The number of aromatic nitrogens is 3. The van der Waals surface area contributed by atoms with Crippen molar-refractivity contribution in [3.8, 4) is 5.75 Å². The summed E-state index contributed by atoms with van der Waals surface area (Å²) in [6.45, 7) is -0.954. The zero-order valence-electron chi connectivity index (χ0n) is 16.1. The van der Waals surface area contributed by atoms with Crippen LogP contribution >= 0.6 is 0 Å². The van der Waals surface area contributed by atoms with E-state index in [1.165, 1.54) is 33.9 Å². The first-order chi connectivity index (χ1) is 14.8. The molecule has 2 aliphatic rings. The number of benzene rings is 1. The summed E-state index contributed by atoms with van der Waals surface area (Å²) in [6, 6.07) is 4.28. The Bertz CT molecular complexity index is 1170. The molecule has 1 amide bonds. The number of alkyl halides is 2. The molecule has 0 saturated carbocycles. The third kappa shape index (κ3) is 3.54. The molecule has 0 aliphatic carbocycles. The number of ether oxygens (including phenoxy) is 1. The lowest BCUT2D eigenvalue weighted by Crippen LogP contribution is -2.35. The van der Waals surface area contributed by atoms with Crippen LogP contribution in [0.15, 0.2) is 36.7 Å². The number of nitrogens with one attached hydrogen (secondary N) is 1. The summed E-state index contributed by atoms with van der Waals surface area (Å²) in [5, 5.41) is 16.8. The van der Waals surface area contributed by atoms with E-state index in [0.29, 0.717) is 0 Å². The maximum absolute atomic E-state index is 14.5. The first kappa shape index (κ1) is 19.6. The monoisotopic (exact) mass is 433 g/mol. The predicted octanol–water partition coefficient (Wildman–Crippen LogP) is 1.94. The normalized spacial score (nSPS) is 23.1. The molecule has 1 saturated heterocycles. The molecule has 2 aromatic heterocycles. The molecule has 3 aromatic rings. The number of nitrogens with zero attached hydrogens (tertiary/aromatic N) is 4. The molecule has 2 aliphatic heterocycles. The Labute approximate surface area is 174 Å². The second-order valence-electron chi connectivity index (χ2n) is 7.67. The smallest absolute Gasteiger partial charge is 0.267 e. The van der Waals surface area contributed by atoms with E-state index >= 15 is 0 Å². The van der Waals surface area contributed by atoms with E-state index < -0.39 is 42.8 Å². The summed E-state index contributed by atoms with van der Waals surface area (Å²) in [6.07, 6.45) is 1.20. The number of aliphatic hydroxyl groups is 1. The molecule has 11 heteroatoms. The van der Waals surface area contributed by atoms with Gasteiger partial charge in [-0.15, -0.1) is 0 Å². The van der Waals surface area contributed by atoms with Gasteiger partial charge in [-0.05, 0) is 24.3 Å². The minimum atomic E-state index is -3.05. The fourth-order valence-electron chi connectivity index (χ4n) is 3.98. The van der Waals surface area contributed by atoms with Gasteiger partial charge in [-0.1, -0.05) is 0 Å². The minimum absolute atomic E-state index is 0.111. The van der Waals surface area contributed by atoms with Crippen LogP contribution in [0.1, 0.15) is 28.4 Å². The molecule has 162 valence electrons. The minimum Gasteiger partial charge on any atom is -0.490 e. The number of carbonyl (C=O) groups is 1. The van der Waals surface area contributed by atoms with Crippen molar-refractivity contribution in [1.29, 1.82) is 0 Å². The van der Waals surface area contributed by atoms with Gasteiger partial charge in [-0.3, -0.25) is 4.79 Å². The van der Waals surface area contributed by atoms with Crippen LogP contribution in [0.25, 0.3) is 5.65 Å². The van der Waals surface area contributed by atoms with Crippen LogP contribution in [0.3, 0.4) is 0 Å². The molecule has 31 heavy (non-hydrogen) atoms. The van der Waals surface area contributed by atoms with Gasteiger partial charge < -0.3 is 20.1 Å². The maximum Gasteiger partial charge on any atom is 0.267 e. The van der Waals surface area contributed by atoms with Crippen LogP contribution in [0.4, 0.5) is 19.0 Å². The second-order valence-corrected chi connectivity index (χ2v) is 7.67. The molecule has 1 aromatic carbocycles. The molecule has 5 rings (SSSR count). The topological polar surface area (TPSA) is 92.0 Å². The lowest BCUT2D eigenvalue weighted by Gasteiger charge is -2.27. The summed E-state index contributed by atoms with van der Waals surface area (Å²) in [5.41, 5.74) is 0.563. The summed E-state index contributed by atoms with van der Waals surface area (Å²) >= 11 is 0. The quantitative estimate of drug-likeness (QED) is 0.563. The number of rotatable bonds is 0. The largest absolute Gasteiger partial charge is 0.490 e. The van der Waals surface area contributed by atoms with Crippen LogP contribution in [0, 0.1) is 5.82 Å². The summed E-state index contributed by atoms with van der Waals surface area (Å²) < 4.78 is 50.1. The Balaban J connectivity index is 1.69. The average Bonchev–Trinajstić information content (AvgIpc) is 3.30. The molecular formula is C20H18F3N5O3. The van der Waals surface area contributed by atoms with E-state index in [0.717, 1.165) is 12.1 Å². The first-order valence-electron chi connectivity index (χ1n) is 9.68. The lowest BCUT2D eigenvalue weighted by molar-refractivity contribution is 0.0221. The van der Waals surface area contributed by atoms with Gasteiger partial charge in [0.05, 0.1) is 18.8 Å². The molecule has 0 radical (unpaired) electrons. The number of aliphatic hydroxyl groups excluding tert-OH is 1. The van der Waals surface area contributed by atoms with Crippen molar-refractivity contribution in [2.75, 3.05) is 24.6 Å². The van der Waals surface area contributed by atoms with E-state index in [1.807, 2.05) is 0 Å². The molecule has 1 fully saturated rings. The van der Waals surface area contributed by atoms with Crippen molar-refractivity contribution < 1.29 is 27.8 Å². The Kier molecular flexibility index (Phi) is 4.50. The highest BCUT2D eigenvalue weighted by Crippen LogP contribution is 2.45. The fraction of sp³-hybridized carbons (Fsp3) is 0.350. The van der Waals surface area contributed by atoms with Crippen LogP contribution in [-0.2, 0) is 0 Å². The Morgan fingerprint density at radius 3 is 2.97 bits per heavy atom. The van der Waals surface area contributed by atoms with Crippen LogP contribution < -0.4 is 15.0 Å². The zero-order chi connectivity index (χ0) is 21.8. The van der Waals surface area contributed by atoms with E-state index in [9.17, 15) is 23.1 Å². The zero-order valence-corrected chi connectivity index (χ0v) is 16.1. The fourth-order valence-corrected chi connectivity index (χ4v) is 3.98.